The topological polar surface area (TPSA) is 55.1 Å². The summed E-state index contributed by atoms with van der Waals surface area (Å²) in [6.45, 7) is 2.91. The zero-order valence-electron chi connectivity index (χ0n) is 11.7. The van der Waals surface area contributed by atoms with Crippen LogP contribution in [0, 0.1) is 11.3 Å². The van der Waals surface area contributed by atoms with E-state index in [2.05, 4.69) is 12.2 Å². The minimum Gasteiger partial charge on any atom is -0.353 e. The van der Waals surface area contributed by atoms with E-state index in [0.29, 0.717) is 24.9 Å². The molecule has 0 aromatic rings. The molecule has 2 unspecified atom stereocenters. The van der Waals surface area contributed by atoms with Gasteiger partial charge in [-0.1, -0.05) is 32.6 Å². The Kier molecular flexibility index (Phi) is 4.66. The second kappa shape index (κ2) is 6.05. The molecule has 3 heteroatoms. The first-order chi connectivity index (χ1) is 8.69. The second-order valence-corrected chi connectivity index (χ2v) is 6.36. The third-order valence-electron chi connectivity index (χ3n) is 5.16. The van der Waals surface area contributed by atoms with Gasteiger partial charge in [-0.15, -0.1) is 0 Å². The minimum atomic E-state index is 0.139. The summed E-state index contributed by atoms with van der Waals surface area (Å²) in [5, 5.41) is 3.28. The predicted octanol–water partition coefficient (Wildman–Crippen LogP) is 2.59. The van der Waals surface area contributed by atoms with Crippen LogP contribution in [0.4, 0.5) is 0 Å². The molecule has 3 N–H and O–H groups in total. The van der Waals surface area contributed by atoms with Gasteiger partial charge in [-0.2, -0.15) is 0 Å². The Balaban J connectivity index is 1.82. The van der Waals surface area contributed by atoms with Crippen molar-refractivity contribution in [1.29, 1.82) is 0 Å². The van der Waals surface area contributed by atoms with Gasteiger partial charge in [0, 0.05) is 12.5 Å². The molecule has 1 amide bonds. The van der Waals surface area contributed by atoms with Gasteiger partial charge in [0.1, 0.15) is 0 Å². The van der Waals surface area contributed by atoms with Crippen molar-refractivity contribution in [1.82, 2.24) is 5.32 Å². The summed E-state index contributed by atoms with van der Waals surface area (Å²) in [4.78, 5) is 12.2. The number of rotatable bonds is 5. The van der Waals surface area contributed by atoms with Crippen molar-refractivity contribution < 1.29 is 4.79 Å². The molecule has 2 aliphatic rings. The van der Waals surface area contributed by atoms with E-state index in [1.54, 1.807) is 0 Å². The highest BCUT2D eigenvalue weighted by Gasteiger charge is 2.38. The molecule has 0 heterocycles. The zero-order valence-corrected chi connectivity index (χ0v) is 11.7. The lowest BCUT2D eigenvalue weighted by Gasteiger charge is -2.41. The van der Waals surface area contributed by atoms with Gasteiger partial charge in [0.2, 0.25) is 5.91 Å². The van der Waals surface area contributed by atoms with Crippen LogP contribution in [0.25, 0.3) is 0 Å². The number of hydrogen-bond donors (Lipinski definition) is 2. The van der Waals surface area contributed by atoms with Crippen LogP contribution < -0.4 is 11.1 Å². The number of carbonyl (C=O) groups is 1. The Hall–Kier alpha value is -0.570. The first-order valence-corrected chi connectivity index (χ1v) is 7.68. The average Bonchev–Trinajstić information content (AvgIpc) is 2.34. The molecular weight excluding hydrogens is 224 g/mol. The van der Waals surface area contributed by atoms with E-state index in [4.69, 9.17) is 5.73 Å². The van der Waals surface area contributed by atoms with Crippen LogP contribution in [-0.2, 0) is 4.79 Å². The molecule has 18 heavy (non-hydrogen) atoms. The smallest absolute Gasteiger partial charge is 0.220 e. The summed E-state index contributed by atoms with van der Waals surface area (Å²) in [5.74, 6) is 0.934. The monoisotopic (exact) mass is 252 g/mol. The van der Waals surface area contributed by atoms with E-state index < -0.39 is 0 Å². The summed E-state index contributed by atoms with van der Waals surface area (Å²) in [5.41, 5.74) is 5.96. The molecule has 0 aromatic carbocycles. The fourth-order valence-corrected chi connectivity index (χ4v) is 3.61. The van der Waals surface area contributed by atoms with Crippen LogP contribution in [-0.4, -0.2) is 18.5 Å². The van der Waals surface area contributed by atoms with Crippen LogP contribution >= 0.6 is 0 Å². The molecule has 0 saturated heterocycles. The Morgan fingerprint density at radius 3 is 2.56 bits per heavy atom. The van der Waals surface area contributed by atoms with Crippen molar-refractivity contribution >= 4 is 5.91 Å². The summed E-state index contributed by atoms with van der Waals surface area (Å²) in [6, 6.07) is 0.422. The maximum Gasteiger partial charge on any atom is 0.220 e. The van der Waals surface area contributed by atoms with Crippen LogP contribution in [0.3, 0.4) is 0 Å². The molecule has 0 aromatic heterocycles. The van der Waals surface area contributed by atoms with Crippen molar-refractivity contribution in [3.8, 4) is 0 Å². The SMILES string of the molecule is CCC1CCCCC1NC(=O)CC1(CN)CCC1. The number of nitrogens with two attached hydrogens (primary N) is 1. The third-order valence-corrected chi connectivity index (χ3v) is 5.16. The van der Waals surface area contributed by atoms with Gasteiger partial charge in [0.15, 0.2) is 0 Å². The zero-order chi connectivity index (χ0) is 13.0. The van der Waals surface area contributed by atoms with Gasteiger partial charge >= 0.3 is 0 Å². The number of nitrogens with one attached hydrogen (secondary N) is 1. The van der Waals surface area contributed by atoms with E-state index in [1.807, 2.05) is 0 Å². The first-order valence-electron chi connectivity index (χ1n) is 7.68. The van der Waals surface area contributed by atoms with Crippen molar-refractivity contribution in [3.05, 3.63) is 0 Å². The largest absolute Gasteiger partial charge is 0.353 e. The van der Waals surface area contributed by atoms with Gasteiger partial charge in [0.25, 0.3) is 0 Å². The van der Waals surface area contributed by atoms with Crippen molar-refractivity contribution in [2.45, 2.75) is 70.8 Å². The highest BCUT2D eigenvalue weighted by Crippen LogP contribution is 2.43. The molecular formula is C15H28N2O. The summed E-state index contributed by atoms with van der Waals surface area (Å²) < 4.78 is 0. The number of carbonyl (C=O) groups excluding carboxylic acids is 1. The highest BCUT2D eigenvalue weighted by atomic mass is 16.1. The molecule has 2 fully saturated rings. The third kappa shape index (κ3) is 3.05. The summed E-state index contributed by atoms with van der Waals surface area (Å²) >= 11 is 0. The van der Waals surface area contributed by atoms with Crippen molar-refractivity contribution in [3.63, 3.8) is 0 Å². The Morgan fingerprint density at radius 2 is 2.00 bits per heavy atom. The fourth-order valence-electron chi connectivity index (χ4n) is 3.61. The molecule has 0 bridgehead atoms. The normalized spacial score (nSPS) is 30.6. The van der Waals surface area contributed by atoms with Crippen LogP contribution in [0.1, 0.15) is 64.7 Å². The molecule has 104 valence electrons. The standard InChI is InChI=1S/C15H28N2O/c1-2-12-6-3-4-7-13(12)17-14(18)10-15(11-16)8-5-9-15/h12-13H,2-11,16H2,1H3,(H,17,18). The molecule has 0 radical (unpaired) electrons. The van der Waals surface area contributed by atoms with Gasteiger partial charge < -0.3 is 11.1 Å². The summed E-state index contributed by atoms with van der Waals surface area (Å²) in [6.07, 6.45) is 10.4. The Bertz CT molecular complexity index is 281. The quantitative estimate of drug-likeness (QED) is 0.790. The maximum absolute atomic E-state index is 12.2. The molecule has 2 aliphatic carbocycles. The number of hydrogen-bond acceptors (Lipinski definition) is 2. The molecule has 0 spiro atoms. The van der Waals surface area contributed by atoms with Gasteiger partial charge in [-0.3, -0.25) is 4.79 Å². The molecule has 3 nitrogen and oxygen atoms in total. The van der Waals surface area contributed by atoms with E-state index in [9.17, 15) is 4.79 Å². The Labute approximate surface area is 111 Å². The predicted molar refractivity (Wildman–Crippen MR) is 74.1 cm³/mol. The highest BCUT2D eigenvalue weighted by molar-refractivity contribution is 5.77. The molecule has 0 aliphatic heterocycles. The van der Waals surface area contributed by atoms with Crippen molar-refractivity contribution in [2.24, 2.45) is 17.1 Å². The molecule has 2 saturated carbocycles. The lowest BCUT2D eigenvalue weighted by atomic mass is 9.66. The van der Waals surface area contributed by atoms with E-state index in [-0.39, 0.29) is 11.3 Å². The van der Waals surface area contributed by atoms with E-state index in [1.165, 1.54) is 38.5 Å². The van der Waals surface area contributed by atoms with E-state index in [0.717, 1.165) is 12.8 Å². The summed E-state index contributed by atoms with van der Waals surface area (Å²) in [7, 11) is 0. The molecule has 2 rings (SSSR count). The average molecular weight is 252 g/mol. The molecule has 2 atom stereocenters. The van der Waals surface area contributed by atoms with Gasteiger partial charge in [-0.25, -0.2) is 0 Å². The van der Waals surface area contributed by atoms with Crippen LogP contribution in [0.15, 0.2) is 0 Å². The maximum atomic E-state index is 12.2. The first kappa shape index (κ1) is 13.9. The lowest BCUT2D eigenvalue weighted by Crippen LogP contribution is -2.46. The van der Waals surface area contributed by atoms with Crippen LogP contribution in [0.2, 0.25) is 0 Å². The van der Waals surface area contributed by atoms with Gasteiger partial charge in [-0.05, 0) is 43.6 Å². The fraction of sp³-hybridized carbons (Fsp3) is 0.933. The lowest BCUT2D eigenvalue weighted by molar-refractivity contribution is -0.126. The minimum absolute atomic E-state index is 0.139. The Morgan fingerprint density at radius 1 is 1.28 bits per heavy atom. The second-order valence-electron chi connectivity index (χ2n) is 6.36. The van der Waals surface area contributed by atoms with Crippen LogP contribution in [0.5, 0.6) is 0 Å². The van der Waals surface area contributed by atoms with E-state index >= 15 is 0 Å². The van der Waals surface area contributed by atoms with Gasteiger partial charge in [0.05, 0.1) is 0 Å². The number of amides is 1. The van der Waals surface area contributed by atoms with Crippen molar-refractivity contribution in [2.75, 3.05) is 6.54 Å².